The highest BCUT2D eigenvalue weighted by Crippen LogP contribution is 2.35. The van der Waals surface area contributed by atoms with Gasteiger partial charge in [-0.1, -0.05) is 37.3 Å². The lowest BCUT2D eigenvalue weighted by molar-refractivity contribution is 0.102. The molecule has 0 saturated carbocycles. The monoisotopic (exact) mass is 407 g/mol. The van der Waals surface area contributed by atoms with Gasteiger partial charge in [-0.05, 0) is 78.9 Å². The van der Waals surface area contributed by atoms with Gasteiger partial charge in [-0.25, -0.2) is 4.98 Å². The number of anilines is 3. The minimum atomic E-state index is -0.0890. The summed E-state index contributed by atoms with van der Waals surface area (Å²) in [4.78, 5) is 19.9. The molecule has 1 amide bonds. The van der Waals surface area contributed by atoms with Gasteiger partial charge in [-0.2, -0.15) is 0 Å². The second-order valence-electron chi connectivity index (χ2n) is 8.08. The van der Waals surface area contributed by atoms with Gasteiger partial charge in [-0.15, -0.1) is 0 Å². The van der Waals surface area contributed by atoms with Crippen LogP contribution in [0.5, 0.6) is 0 Å². The highest BCUT2D eigenvalue weighted by molar-refractivity contribution is 6.04. The molecule has 0 radical (unpaired) electrons. The van der Waals surface area contributed by atoms with Crippen molar-refractivity contribution >= 4 is 34.0 Å². The van der Waals surface area contributed by atoms with E-state index < -0.39 is 0 Å². The number of rotatable bonds is 4. The SMILES string of the molecule is CCc1ccccc1NC(=O)c1ccc(N2CCc3cc4ccc(C)cc4nc32)cc1. The van der Waals surface area contributed by atoms with Crippen LogP contribution in [0.3, 0.4) is 0 Å². The number of amides is 1. The molecule has 1 aliphatic rings. The lowest BCUT2D eigenvalue weighted by Crippen LogP contribution is -2.16. The van der Waals surface area contributed by atoms with Gasteiger partial charge in [0.2, 0.25) is 0 Å². The van der Waals surface area contributed by atoms with Crippen molar-refractivity contribution in [1.82, 2.24) is 4.98 Å². The van der Waals surface area contributed by atoms with Crippen molar-refractivity contribution in [2.24, 2.45) is 0 Å². The number of para-hydroxylation sites is 1. The number of hydrogen-bond donors (Lipinski definition) is 1. The summed E-state index contributed by atoms with van der Waals surface area (Å²) in [5.74, 6) is 0.932. The number of hydrogen-bond acceptors (Lipinski definition) is 3. The van der Waals surface area contributed by atoms with Gasteiger partial charge in [0.15, 0.2) is 0 Å². The molecule has 0 fully saturated rings. The van der Waals surface area contributed by atoms with Gasteiger partial charge < -0.3 is 10.2 Å². The molecule has 1 aromatic heterocycles. The third-order valence-electron chi connectivity index (χ3n) is 5.98. The summed E-state index contributed by atoms with van der Waals surface area (Å²) in [7, 11) is 0. The number of carbonyl (C=O) groups excluding carboxylic acids is 1. The largest absolute Gasteiger partial charge is 0.326 e. The first kappa shape index (κ1) is 19.3. The van der Waals surface area contributed by atoms with Gasteiger partial charge in [0.1, 0.15) is 5.82 Å². The van der Waals surface area contributed by atoms with Crippen molar-refractivity contribution in [1.29, 1.82) is 0 Å². The van der Waals surface area contributed by atoms with Crippen LogP contribution in [0.4, 0.5) is 17.2 Å². The van der Waals surface area contributed by atoms with Gasteiger partial charge in [-0.3, -0.25) is 4.79 Å². The standard InChI is InChI=1S/C27H25N3O/c1-3-19-6-4-5-7-24(19)29-27(31)20-10-12-23(13-11-20)30-15-14-22-17-21-9-8-18(2)16-25(21)28-26(22)30/h4-13,16-17H,3,14-15H2,1-2H3,(H,29,31). The van der Waals surface area contributed by atoms with Crippen molar-refractivity contribution in [2.75, 3.05) is 16.8 Å². The lowest BCUT2D eigenvalue weighted by atomic mass is 10.1. The van der Waals surface area contributed by atoms with Crippen LogP contribution in [-0.4, -0.2) is 17.4 Å². The number of aryl methyl sites for hydroxylation is 2. The Labute approximate surface area is 182 Å². The molecule has 2 heterocycles. The van der Waals surface area contributed by atoms with Crippen LogP contribution >= 0.6 is 0 Å². The van der Waals surface area contributed by atoms with E-state index in [1.165, 1.54) is 16.5 Å². The number of benzene rings is 3. The molecule has 31 heavy (non-hydrogen) atoms. The molecule has 1 N–H and O–H groups in total. The molecule has 3 aromatic carbocycles. The first-order valence-corrected chi connectivity index (χ1v) is 10.8. The van der Waals surface area contributed by atoms with E-state index in [-0.39, 0.29) is 5.91 Å². The smallest absolute Gasteiger partial charge is 0.255 e. The van der Waals surface area contributed by atoms with Gasteiger partial charge in [0.05, 0.1) is 5.52 Å². The van der Waals surface area contributed by atoms with E-state index in [9.17, 15) is 4.79 Å². The van der Waals surface area contributed by atoms with Crippen LogP contribution < -0.4 is 10.2 Å². The average Bonchev–Trinajstić information content (AvgIpc) is 3.20. The summed E-state index contributed by atoms with van der Waals surface area (Å²) >= 11 is 0. The summed E-state index contributed by atoms with van der Waals surface area (Å²) < 4.78 is 0. The molecule has 4 aromatic rings. The molecule has 4 nitrogen and oxygen atoms in total. The molecule has 0 atom stereocenters. The Kier molecular flexibility index (Phi) is 4.91. The Balaban J connectivity index is 1.39. The molecule has 0 spiro atoms. The van der Waals surface area contributed by atoms with Crippen LogP contribution in [0.15, 0.2) is 72.8 Å². The fourth-order valence-corrected chi connectivity index (χ4v) is 4.26. The molecule has 154 valence electrons. The topological polar surface area (TPSA) is 45.2 Å². The minimum Gasteiger partial charge on any atom is -0.326 e. The molecule has 1 aliphatic heterocycles. The maximum atomic E-state index is 12.8. The van der Waals surface area contributed by atoms with Crippen LogP contribution in [0, 0.1) is 6.92 Å². The Morgan fingerprint density at radius 2 is 1.84 bits per heavy atom. The number of carbonyl (C=O) groups is 1. The molecule has 5 rings (SSSR count). The van der Waals surface area contributed by atoms with Crippen molar-refractivity contribution < 1.29 is 4.79 Å². The number of pyridine rings is 1. The fraction of sp³-hybridized carbons (Fsp3) is 0.185. The first-order valence-electron chi connectivity index (χ1n) is 10.8. The molecule has 0 saturated heterocycles. The van der Waals surface area contributed by atoms with Crippen molar-refractivity contribution in [3.05, 3.63) is 95.1 Å². The molecule has 4 heteroatoms. The minimum absolute atomic E-state index is 0.0890. The zero-order valence-corrected chi connectivity index (χ0v) is 17.9. The zero-order valence-electron chi connectivity index (χ0n) is 17.9. The second kappa shape index (κ2) is 7.88. The normalized spacial score (nSPS) is 12.8. The molecular weight excluding hydrogens is 382 g/mol. The average molecular weight is 408 g/mol. The van der Waals surface area contributed by atoms with E-state index in [4.69, 9.17) is 4.98 Å². The van der Waals surface area contributed by atoms with Crippen molar-refractivity contribution in [2.45, 2.75) is 26.7 Å². The summed E-state index contributed by atoms with van der Waals surface area (Å²) in [6.45, 7) is 5.08. The van der Waals surface area contributed by atoms with Gasteiger partial charge in [0, 0.05) is 28.9 Å². The maximum absolute atomic E-state index is 12.8. The van der Waals surface area contributed by atoms with Crippen LogP contribution in [0.1, 0.15) is 34.0 Å². The highest BCUT2D eigenvalue weighted by atomic mass is 16.1. The van der Waals surface area contributed by atoms with Gasteiger partial charge >= 0.3 is 0 Å². The zero-order chi connectivity index (χ0) is 21.4. The third-order valence-corrected chi connectivity index (χ3v) is 5.98. The Hall–Kier alpha value is -3.66. The molecule has 0 aliphatic carbocycles. The van der Waals surface area contributed by atoms with Crippen molar-refractivity contribution in [3.63, 3.8) is 0 Å². The van der Waals surface area contributed by atoms with E-state index in [1.54, 1.807) is 0 Å². The summed E-state index contributed by atoms with van der Waals surface area (Å²) in [6.07, 6.45) is 1.85. The highest BCUT2D eigenvalue weighted by Gasteiger charge is 2.23. The lowest BCUT2D eigenvalue weighted by Gasteiger charge is -2.19. The van der Waals surface area contributed by atoms with Gasteiger partial charge in [0.25, 0.3) is 5.91 Å². The fourth-order valence-electron chi connectivity index (χ4n) is 4.26. The van der Waals surface area contributed by atoms with Crippen LogP contribution in [0.2, 0.25) is 0 Å². The Morgan fingerprint density at radius 1 is 1.03 bits per heavy atom. The van der Waals surface area contributed by atoms with Crippen LogP contribution in [0.25, 0.3) is 10.9 Å². The summed E-state index contributed by atoms with van der Waals surface area (Å²) in [5.41, 5.74) is 7.23. The predicted molar refractivity (Wildman–Crippen MR) is 127 cm³/mol. The van der Waals surface area contributed by atoms with E-state index in [1.807, 2.05) is 48.5 Å². The molecule has 0 bridgehead atoms. The maximum Gasteiger partial charge on any atom is 0.255 e. The number of nitrogens with one attached hydrogen (secondary N) is 1. The number of aromatic nitrogens is 1. The van der Waals surface area contributed by atoms with Crippen molar-refractivity contribution in [3.8, 4) is 0 Å². The molecular formula is C27H25N3O. The van der Waals surface area contributed by atoms with E-state index in [2.05, 4.69) is 48.3 Å². The number of nitrogens with zero attached hydrogens (tertiary/aromatic N) is 2. The molecule has 0 unspecified atom stereocenters. The Morgan fingerprint density at radius 3 is 2.65 bits per heavy atom. The van der Waals surface area contributed by atoms with E-state index in [0.717, 1.165) is 47.7 Å². The summed E-state index contributed by atoms with van der Waals surface area (Å²) in [6, 6.07) is 24.4. The van der Waals surface area contributed by atoms with E-state index >= 15 is 0 Å². The van der Waals surface area contributed by atoms with Crippen LogP contribution in [-0.2, 0) is 12.8 Å². The van der Waals surface area contributed by atoms with E-state index in [0.29, 0.717) is 5.56 Å². The Bertz CT molecular complexity index is 1280. The predicted octanol–water partition coefficient (Wildman–Crippen LogP) is 6.05. The summed E-state index contributed by atoms with van der Waals surface area (Å²) in [5, 5.41) is 4.23. The quantitative estimate of drug-likeness (QED) is 0.448. The number of fused-ring (bicyclic) bond motifs is 2. The third kappa shape index (κ3) is 3.66. The second-order valence-corrected chi connectivity index (χ2v) is 8.08. The first-order chi connectivity index (χ1) is 15.1.